The average molecular weight is 475 g/mol. The maximum atomic E-state index is 13.3. The zero-order valence-corrected chi connectivity index (χ0v) is 20.0. The molecular weight excluding hydrogens is 444 g/mol. The average Bonchev–Trinajstić information content (AvgIpc) is 3.27. The number of carbonyl (C=O) groups excluding carboxylic acids is 4. The van der Waals surface area contributed by atoms with Crippen molar-refractivity contribution in [2.75, 3.05) is 13.2 Å². The van der Waals surface area contributed by atoms with Crippen LogP contribution in [0, 0.1) is 10.8 Å². The molecule has 9 nitrogen and oxygen atoms in total. The second-order valence-corrected chi connectivity index (χ2v) is 8.82. The van der Waals surface area contributed by atoms with Gasteiger partial charge in [-0.05, 0) is 26.3 Å². The lowest BCUT2D eigenvalue weighted by molar-refractivity contribution is -0.257. The first-order valence-electron chi connectivity index (χ1n) is 11.2. The molecule has 0 radical (unpaired) electrons. The quantitative estimate of drug-likeness (QED) is 0.243. The van der Waals surface area contributed by atoms with Crippen molar-refractivity contribution in [3.8, 4) is 0 Å². The Kier molecular flexibility index (Phi) is 7.16. The molecule has 184 valence electrons. The van der Waals surface area contributed by atoms with Crippen LogP contribution >= 0.6 is 0 Å². The standard InChI is InChI=1S/C25H30O9/c1-6-30-21(28)25(22(29)31-7-2,15-16-11-9-8-10-12-16)18-14-13-17(32-18)24(5)19(26)33-23(3,4)34-20(24)27/h8-14,17-18H,6-7,15H2,1-5H3/t17-,18+/m1/s1. The minimum Gasteiger partial charge on any atom is -0.465 e. The van der Waals surface area contributed by atoms with E-state index >= 15 is 0 Å². The molecule has 2 atom stereocenters. The lowest BCUT2D eigenvalue weighted by Crippen LogP contribution is -2.58. The minimum absolute atomic E-state index is 0.0279. The van der Waals surface area contributed by atoms with Crippen LogP contribution < -0.4 is 0 Å². The number of carbonyl (C=O) groups is 4. The van der Waals surface area contributed by atoms with Crippen molar-refractivity contribution in [2.24, 2.45) is 10.8 Å². The summed E-state index contributed by atoms with van der Waals surface area (Å²) in [5.74, 6) is -4.72. The largest absolute Gasteiger partial charge is 0.465 e. The number of hydrogen-bond acceptors (Lipinski definition) is 9. The molecule has 1 aromatic rings. The first kappa shape index (κ1) is 25.4. The first-order valence-corrected chi connectivity index (χ1v) is 11.2. The molecule has 34 heavy (non-hydrogen) atoms. The van der Waals surface area contributed by atoms with Gasteiger partial charge in [-0.2, -0.15) is 0 Å². The van der Waals surface area contributed by atoms with Gasteiger partial charge in [0.2, 0.25) is 0 Å². The third-order valence-corrected chi connectivity index (χ3v) is 5.94. The van der Waals surface area contributed by atoms with Crippen molar-refractivity contribution in [2.45, 2.75) is 59.0 Å². The van der Waals surface area contributed by atoms with Gasteiger partial charge in [0.25, 0.3) is 5.79 Å². The van der Waals surface area contributed by atoms with Gasteiger partial charge in [-0.1, -0.05) is 42.5 Å². The number of hydrogen-bond donors (Lipinski definition) is 0. The molecule has 3 rings (SSSR count). The lowest BCUT2D eigenvalue weighted by atomic mass is 9.76. The topological polar surface area (TPSA) is 114 Å². The fourth-order valence-corrected chi connectivity index (χ4v) is 4.05. The second-order valence-electron chi connectivity index (χ2n) is 8.82. The zero-order chi connectivity index (χ0) is 25.1. The van der Waals surface area contributed by atoms with E-state index in [1.807, 2.05) is 6.07 Å². The highest BCUT2D eigenvalue weighted by molar-refractivity contribution is 6.03. The number of cyclic esters (lactones) is 2. The van der Waals surface area contributed by atoms with Gasteiger partial charge in [0.15, 0.2) is 10.8 Å². The third kappa shape index (κ3) is 4.44. The van der Waals surface area contributed by atoms with Gasteiger partial charge in [0, 0.05) is 20.3 Å². The third-order valence-electron chi connectivity index (χ3n) is 5.94. The molecule has 0 bridgehead atoms. The summed E-state index contributed by atoms with van der Waals surface area (Å²) in [6.07, 6.45) is 0.540. The predicted molar refractivity (Wildman–Crippen MR) is 118 cm³/mol. The Morgan fingerprint density at radius 1 is 0.912 bits per heavy atom. The van der Waals surface area contributed by atoms with Gasteiger partial charge >= 0.3 is 23.9 Å². The number of rotatable bonds is 8. The molecule has 2 aliphatic heterocycles. The van der Waals surface area contributed by atoms with Crippen molar-refractivity contribution >= 4 is 23.9 Å². The zero-order valence-electron chi connectivity index (χ0n) is 20.0. The first-order chi connectivity index (χ1) is 16.0. The Labute approximate surface area is 198 Å². The molecule has 0 amide bonds. The van der Waals surface area contributed by atoms with Crippen LogP contribution in [-0.4, -0.2) is 55.1 Å². The molecule has 2 heterocycles. The molecule has 0 aliphatic carbocycles. The number of ether oxygens (including phenoxy) is 5. The van der Waals surface area contributed by atoms with Gasteiger partial charge in [0.1, 0.15) is 12.2 Å². The molecule has 1 fully saturated rings. The van der Waals surface area contributed by atoms with Gasteiger partial charge in [0.05, 0.1) is 13.2 Å². The van der Waals surface area contributed by atoms with Crippen LogP contribution in [0.5, 0.6) is 0 Å². The second kappa shape index (κ2) is 9.58. The molecule has 0 saturated carbocycles. The monoisotopic (exact) mass is 474 g/mol. The number of esters is 4. The fourth-order valence-electron chi connectivity index (χ4n) is 4.05. The van der Waals surface area contributed by atoms with Crippen molar-refractivity contribution in [3.05, 3.63) is 48.0 Å². The van der Waals surface area contributed by atoms with Gasteiger partial charge in [-0.3, -0.25) is 19.2 Å². The van der Waals surface area contributed by atoms with Crippen LogP contribution in [0.1, 0.15) is 40.2 Å². The van der Waals surface area contributed by atoms with Crippen LogP contribution in [0.15, 0.2) is 42.5 Å². The van der Waals surface area contributed by atoms with Crippen LogP contribution in [0.4, 0.5) is 0 Å². The van der Waals surface area contributed by atoms with Crippen LogP contribution in [0.3, 0.4) is 0 Å². The smallest absolute Gasteiger partial charge is 0.329 e. The summed E-state index contributed by atoms with van der Waals surface area (Å²) < 4.78 is 27.2. The molecule has 0 aromatic heterocycles. The van der Waals surface area contributed by atoms with E-state index in [2.05, 4.69) is 0 Å². The van der Waals surface area contributed by atoms with E-state index in [1.165, 1.54) is 32.9 Å². The summed E-state index contributed by atoms with van der Waals surface area (Å²) in [5, 5.41) is 0. The molecule has 0 unspecified atom stereocenters. The summed E-state index contributed by atoms with van der Waals surface area (Å²) in [6.45, 7) is 7.55. The Bertz CT molecular complexity index is 941. The normalized spacial score (nSPS) is 23.1. The van der Waals surface area contributed by atoms with Crippen molar-refractivity contribution in [1.29, 1.82) is 0 Å². The van der Waals surface area contributed by atoms with Crippen LogP contribution in [0.25, 0.3) is 0 Å². The highest BCUT2D eigenvalue weighted by Crippen LogP contribution is 2.43. The van der Waals surface area contributed by atoms with Gasteiger partial charge < -0.3 is 23.7 Å². The van der Waals surface area contributed by atoms with Crippen molar-refractivity contribution < 1.29 is 42.9 Å². The van der Waals surface area contributed by atoms with Crippen LogP contribution in [-0.2, 0) is 49.3 Å². The molecule has 0 N–H and O–H groups in total. The van der Waals surface area contributed by atoms with E-state index < -0.39 is 52.7 Å². The Morgan fingerprint density at radius 3 is 1.94 bits per heavy atom. The maximum Gasteiger partial charge on any atom is 0.329 e. The van der Waals surface area contributed by atoms with E-state index in [1.54, 1.807) is 38.1 Å². The van der Waals surface area contributed by atoms with Crippen molar-refractivity contribution in [3.63, 3.8) is 0 Å². The maximum absolute atomic E-state index is 13.3. The van der Waals surface area contributed by atoms with Gasteiger partial charge in [-0.25, -0.2) is 0 Å². The lowest BCUT2D eigenvalue weighted by Gasteiger charge is -2.41. The summed E-state index contributed by atoms with van der Waals surface area (Å²) >= 11 is 0. The predicted octanol–water partition coefficient (Wildman–Crippen LogP) is 2.51. The molecule has 2 aliphatic rings. The summed E-state index contributed by atoms with van der Waals surface area (Å²) in [7, 11) is 0. The molecule has 1 saturated heterocycles. The number of benzene rings is 1. The highest BCUT2D eigenvalue weighted by atomic mass is 16.7. The molecule has 9 heteroatoms. The van der Waals surface area contributed by atoms with E-state index in [0.29, 0.717) is 5.56 Å². The summed E-state index contributed by atoms with van der Waals surface area (Å²) in [4.78, 5) is 52.3. The highest BCUT2D eigenvalue weighted by Gasteiger charge is 2.63. The Hall–Kier alpha value is -3.20. The van der Waals surface area contributed by atoms with E-state index in [-0.39, 0.29) is 19.6 Å². The SMILES string of the molecule is CCOC(=O)C(Cc1ccccc1)(C(=O)OCC)[C@@H]1C=C[C@H](C2(C)C(=O)OC(C)(C)OC2=O)O1. The fraction of sp³-hybridized carbons (Fsp3) is 0.520. The molecule has 1 aromatic carbocycles. The molecule has 0 spiro atoms. The van der Waals surface area contributed by atoms with E-state index in [4.69, 9.17) is 23.7 Å². The summed E-state index contributed by atoms with van der Waals surface area (Å²) in [6, 6.07) is 8.90. The van der Waals surface area contributed by atoms with E-state index in [9.17, 15) is 19.2 Å². The summed E-state index contributed by atoms with van der Waals surface area (Å²) in [5.41, 5.74) is -3.06. The van der Waals surface area contributed by atoms with Crippen molar-refractivity contribution in [1.82, 2.24) is 0 Å². The van der Waals surface area contributed by atoms with Crippen LogP contribution in [0.2, 0.25) is 0 Å². The minimum atomic E-state index is -1.91. The van der Waals surface area contributed by atoms with E-state index in [0.717, 1.165) is 0 Å². The molecular formula is C25H30O9. The van der Waals surface area contributed by atoms with Gasteiger partial charge in [-0.15, -0.1) is 0 Å². The Morgan fingerprint density at radius 2 is 1.44 bits per heavy atom. The Balaban J connectivity index is 2.01.